The van der Waals surface area contributed by atoms with Crippen LogP contribution in [0.5, 0.6) is 0 Å². The summed E-state index contributed by atoms with van der Waals surface area (Å²) in [5.74, 6) is -2.61. The fraction of sp³-hybridized carbons (Fsp3) is 0.667. The highest BCUT2D eigenvalue weighted by Gasteiger charge is 2.31. The van der Waals surface area contributed by atoms with Crippen molar-refractivity contribution in [3.63, 3.8) is 0 Å². The van der Waals surface area contributed by atoms with Gasteiger partial charge in [0.2, 0.25) is 29.5 Å². The molecule has 0 saturated heterocycles. The Hall–Kier alpha value is -3.47. The van der Waals surface area contributed by atoms with Crippen LogP contribution in [0.4, 0.5) is 0 Å². The normalized spacial score (nSPS) is 14.5. The lowest BCUT2D eigenvalue weighted by Crippen LogP contribution is -2.58. The minimum atomic E-state index is -1.02. The molecular formula is C33H55N5O6. The molecule has 3 unspecified atom stereocenters. The van der Waals surface area contributed by atoms with Crippen molar-refractivity contribution in [3.05, 3.63) is 35.9 Å². The Kier molecular flexibility index (Phi) is 18.6. The number of aliphatic hydroxyl groups excluding tert-OH is 1. The number of rotatable bonds is 22. The lowest BCUT2D eigenvalue weighted by Gasteiger charge is -2.27. The number of carbonyl (C=O) groups excluding carboxylic acids is 5. The van der Waals surface area contributed by atoms with Gasteiger partial charge in [0.15, 0.2) is 0 Å². The van der Waals surface area contributed by atoms with Crippen LogP contribution in [-0.2, 0) is 30.4 Å². The number of hydrogen-bond donors (Lipinski definition) is 6. The molecule has 0 bridgehead atoms. The molecule has 0 aliphatic heterocycles. The molecule has 0 aliphatic carbocycles. The van der Waals surface area contributed by atoms with E-state index >= 15 is 0 Å². The van der Waals surface area contributed by atoms with Crippen LogP contribution in [0.15, 0.2) is 30.3 Å². The SMILES string of the molecule is CCCCCCCCCC(=O)N[C@H](C(=O)N[C@@H](Cc1ccccc1)C(=O)NC(C)C(=O)NC(CCC(N)=O)C(C)O)C(C)C. The summed E-state index contributed by atoms with van der Waals surface area (Å²) in [6, 6.07) is 5.56. The summed E-state index contributed by atoms with van der Waals surface area (Å²) in [5.41, 5.74) is 6.00. The third-order valence-corrected chi connectivity index (χ3v) is 7.55. The molecule has 0 radical (unpaired) electrons. The summed E-state index contributed by atoms with van der Waals surface area (Å²) in [4.78, 5) is 63.5. The molecular weight excluding hydrogens is 562 g/mol. The molecule has 7 N–H and O–H groups in total. The van der Waals surface area contributed by atoms with Gasteiger partial charge >= 0.3 is 0 Å². The van der Waals surface area contributed by atoms with Crippen molar-refractivity contribution in [2.75, 3.05) is 0 Å². The second kappa shape index (κ2) is 21.3. The van der Waals surface area contributed by atoms with E-state index < -0.39 is 53.9 Å². The first-order valence-electron chi connectivity index (χ1n) is 16.1. The average molecular weight is 618 g/mol. The number of benzene rings is 1. The van der Waals surface area contributed by atoms with Crippen LogP contribution in [-0.4, -0.2) is 64.9 Å². The van der Waals surface area contributed by atoms with Gasteiger partial charge in [-0.05, 0) is 38.2 Å². The molecule has 44 heavy (non-hydrogen) atoms. The smallest absolute Gasteiger partial charge is 0.243 e. The standard InChI is InChI=1S/C33H55N5O6/c1-6-7-8-9-10-11-15-18-29(41)38-30(22(2)3)33(44)37-27(21-25-16-13-12-14-17-25)32(43)35-23(4)31(42)36-26(24(5)39)19-20-28(34)40/h12-14,16-17,22-24,26-27,30,39H,6-11,15,18-21H2,1-5H3,(H2,34,40)(H,35,43)(H,36,42)(H,37,44)(H,38,41)/t23?,24?,26?,27-,30-/m0/s1. The Morgan fingerprint density at radius 2 is 1.36 bits per heavy atom. The Morgan fingerprint density at radius 3 is 1.93 bits per heavy atom. The molecule has 5 amide bonds. The van der Waals surface area contributed by atoms with Crippen LogP contribution >= 0.6 is 0 Å². The van der Waals surface area contributed by atoms with Crippen LogP contribution in [0.1, 0.15) is 104 Å². The molecule has 0 aliphatic rings. The lowest BCUT2D eigenvalue weighted by molar-refractivity contribution is -0.134. The molecule has 11 heteroatoms. The third kappa shape index (κ3) is 15.8. The van der Waals surface area contributed by atoms with Gasteiger partial charge < -0.3 is 32.1 Å². The van der Waals surface area contributed by atoms with Crippen molar-refractivity contribution >= 4 is 29.5 Å². The molecule has 0 spiro atoms. The van der Waals surface area contributed by atoms with Crippen molar-refractivity contribution in [2.45, 2.75) is 136 Å². The Morgan fingerprint density at radius 1 is 0.750 bits per heavy atom. The Balaban J connectivity index is 2.89. The van der Waals surface area contributed by atoms with Gasteiger partial charge in [0, 0.05) is 19.3 Å². The zero-order valence-corrected chi connectivity index (χ0v) is 27.2. The summed E-state index contributed by atoms with van der Waals surface area (Å²) in [6.07, 6.45) is 7.26. The maximum Gasteiger partial charge on any atom is 0.243 e. The molecule has 11 nitrogen and oxygen atoms in total. The summed E-state index contributed by atoms with van der Waals surface area (Å²) in [6.45, 7) is 8.80. The Bertz CT molecular complexity index is 1030. The first kappa shape index (κ1) is 38.6. The van der Waals surface area contributed by atoms with Gasteiger partial charge in [-0.2, -0.15) is 0 Å². The monoisotopic (exact) mass is 617 g/mol. The molecule has 1 rings (SSSR count). The van der Waals surface area contributed by atoms with Gasteiger partial charge in [-0.1, -0.05) is 89.6 Å². The van der Waals surface area contributed by atoms with Gasteiger partial charge in [-0.15, -0.1) is 0 Å². The molecule has 0 heterocycles. The van der Waals surface area contributed by atoms with E-state index in [1.54, 1.807) is 0 Å². The van der Waals surface area contributed by atoms with Gasteiger partial charge in [0.25, 0.3) is 0 Å². The minimum absolute atomic E-state index is 0.0195. The first-order valence-corrected chi connectivity index (χ1v) is 16.1. The van der Waals surface area contributed by atoms with E-state index in [0.717, 1.165) is 31.2 Å². The first-order chi connectivity index (χ1) is 20.8. The third-order valence-electron chi connectivity index (χ3n) is 7.55. The van der Waals surface area contributed by atoms with Crippen molar-refractivity contribution in [2.24, 2.45) is 11.7 Å². The number of unbranched alkanes of at least 4 members (excludes halogenated alkanes) is 6. The molecule has 248 valence electrons. The molecule has 1 aromatic rings. The van der Waals surface area contributed by atoms with Crippen molar-refractivity contribution in [1.29, 1.82) is 0 Å². The molecule has 0 saturated carbocycles. The van der Waals surface area contributed by atoms with E-state index in [-0.39, 0.29) is 31.1 Å². The van der Waals surface area contributed by atoms with Gasteiger partial charge in [-0.3, -0.25) is 24.0 Å². The van der Waals surface area contributed by atoms with Crippen LogP contribution in [0, 0.1) is 5.92 Å². The van der Waals surface area contributed by atoms with Crippen molar-refractivity contribution < 1.29 is 29.1 Å². The fourth-order valence-electron chi connectivity index (χ4n) is 4.76. The van der Waals surface area contributed by atoms with Crippen LogP contribution in [0.3, 0.4) is 0 Å². The van der Waals surface area contributed by atoms with E-state index in [4.69, 9.17) is 5.73 Å². The zero-order chi connectivity index (χ0) is 33.1. The van der Waals surface area contributed by atoms with E-state index in [0.29, 0.717) is 6.42 Å². The maximum absolute atomic E-state index is 13.4. The largest absolute Gasteiger partial charge is 0.391 e. The molecule has 1 aromatic carbocycles. The van der Waals surface area contributed by atoms with Gasteiger partial charge in [0.1, 0.15) is 18.1 Å². The second-order valence-corrected chi connectivity index (χ2v) is 12.0. The summed E-state index contributed by atoms with van der Waals surface area (Å²) < 4.78 is 0. The summed E-state index contributed by atoms with van der Waals surface area (Å²) in [5, 5.41) is 21.0. The maximum atomic E-state index is 13.4. The van der Waals surface area contributed by atoms with E-state index in [9.17, 15) is 29.1 Å². The van der Waals surface area contributed by atoms with Crippen LogP contribution in [0.2, 0.25) is 0 Å². The van der Waals surface area contributed by atoms with E-state index in [2.05, 4.69) is 28.2 Å². The number of primary amides is 1. The Labute approximate surface area is 262 Å². The van der Waals surface area contributed by atoms with Crippen molar-refractivity contribution in [3.8, 4) is 0 Å². The number of aliphatic hydroxyl groups is 1. The highest BCUT2D eigenvalue weighted by Crippen LogP contribution is 2.11. The van der Waals surface area contributed by atoms with Crippen molar-refractivity contribution in [1.82, 2.24) is 21.3 Å². The van der Waals surface area contributed by atoms with Crippen LogP contribution < -0.4 is 27.0 Å². The second-order valence-electron chi connectivity index (χ2n) is 12.0. The number of nitrogens with two attached hydrogens (primary N) is 1. The molecule has 0 fully saturated rings. The lowest BCUT2D eigenvalue weighted by atomic mass is 10.0. The van der Waals surface area contributed by atoms with E-state index in [1.165, 1.54) is 33.1 Å². The predicted octanol–water partition coefficient (Wildman–Crippen LogP) is 2.63. The zero-order valence-electron chi connectivity index (χ0n) is 27.2. The predicted molar refractivity (Wildman–Crippen MR) is 171 cm³/mol. The molecule has 0 aromatic heterocycles. The van der Waals surface area contributed by atoms with E-state index in [1.807, 2.05) is 44.2 Å². The number of nitrogens with one attached hydrogen (secondary N) is 4. The van der Waals surface area contributed by atoms with Gasteiger partial charge in [-0.25, -0.2) is 0 Å². The van der Waals surface area contributed by atoms with Gasteiger partial charge in [0.05, 0.1) is 12.1 Å². The summed E-state index contributed by atoms with van der Waals surface area (Å²) in [7, 11) is 0. The number of hydrogen-bond acceptors (Lipinski definition) is 6. The van der Waals surface area contributed by atoms with Crippen LogP contribution in [0.25, 0.3) is 0 Å². The number of amides is 5. The molecule has 5 atom stereocenters. The quantitative estimate of drug-likeness (QED) is 0.109. The highest BCUT2D eigenvalue weighted by molar-refractivity contribution is 5.94. The number of carbonyl (C=O) groups is 5. The average Bonchev–Trinajstić information content (AvgIpc) is 2.96. The topological polar surface area (TPSA) is 180 Å². The summed E-state index contributed by atoms with van der Waals surface area (Å²) >= 11 is 0. The minimum Gasteiger partial charge on any atom is -0.391 e. The fourth-order valence-corrected chi connectivity index (χ4v) is 4.76. The highest BCUT2D eigenvalue weighted by atomic mass is 16.3.